The Balaban J connectivity index is 1.91. The Morgan fingerprint density at radius 2 is 2.04 bits per heavy atom. The summed E-state index contributed by atoms with van der Waals surface area (Å²) in [4.78, 5) is 12.6. The first-order valence-corrected chi connectivity index (χ1v) is 8.38. The molecule has 0 aromatic carbocycles. The first kappa shape index (κ1) is 18.5. The Labute approximate surface area is 149 Å². The molecule has 2 aromatic heterocycles. The lowest BCUT2D eigenvalue weighted by atomic mass is 10.1. The molecule has 0 spiro atoms. The highest BCUT2D eigenvalue weighted by molar-refractivity contribution is 5.82. The second-order valence-corrected chi connectivity index (χ2v) is 6.03. The van der Waals surface area contributed by atoms with Crippen LogP contribution in [0.15, 0.2) is 6.33 Å². The number of hydrogen-bond acceptors (Lipinski definition) is 9. The maximum atomic E-state index is 10.2. The zero-order valence-corrected chi connectivity index (χ0v) is 14.1. The second-order valence-electron chi connectivity index (χ2n) is 6.03. The fourth-order valence-corrected chi connectivity index (χ4v) is 2.79. The van der Waals surface area contributed by atoms with E-state index in [2.05, 4.69) is 26.8 Å². The minimum atomic E-state index is -1.24. The quantitative estimate of drug-likeness (QED) is 0.314. The third-order valence-corrected chi connectivity index (χ3v) is 4.20. The van der Waals surface area contributed by atoms with E-state index < -0.39 is 31.1 Å². The molecule has 140 valence electrons. The smallest absolute Gasteiger partial charge is 0.208 e. The number of aliphatic hydroxyl groups excluding tert-OH is 3. The SMILES string of the molecule is NCCCCC#Cc1nc(N)c2ncn([C@@H]3O[C@H](CO)[C@@H](O)[C@H]3O)c2n1. The number of ether oxygens (including phenoxy) is 1. The third kappa shape index (κ3) is 3.48. The van der Waals surface area contributed by atoms with Gasteiger partial charge in [0.15, 0.2) is 17.7 Å². The number of imidazole rings is 1. The van der Waals surface area contributed by atoms with Crippen LogP contribution in [0.1, 0.15) is 31.3 Å². The van der Waals surface area contributed by atoms with Crippen LogP contribution in [0, 0.1) is 11.8 Å². The van der Waals surface area contributed by atoms with Crippen molar-refractivity contribution < 1.29 is 20.1 Å². The highest BCUT2D eigenvalue weighted by Gasteiger charge is 2.44. The average molecular weight is 362 g/mol. The fraction of sp³-hybridized carbons (Fsp3) is 0.562. The van der Waals surface area contributed by atoms with Gasteiger partial charge in [-0.1, -0.05) is 5.92 Å². The van der Waals surface area contributed by atoms with Crippen LogP contribution < -0.4 is 11.5 Å². The lowest BCUT2D eigenvalue weighted by molar-refractivity contribution is -0.0511. The van der Waals surface area contributed by atoms with Crippen molar-refractivity contribution >= 4 is 17.0 Å². The Morgan fingerprint density at radius 1 is 1.23 bits per heavy atom. The largest absolute Gasteiger partial charge is 0.394 e. The molecule has 2 aromatic rings. The van der Waals surface area contributed by atoms with Crippen molar-refractivity contribution in [1.82, 2.24) is 19.5 Å². The summed E-state index contributed by atoms with van der Waals surface area (Å²) >= 11 is 0. The summed E-state index contributed by atoms with van der Waals surface area (Å²) in [6, 6.07) is 0. The van der Waals surface area contributed by atoms with Crippen molar-refractivity contribution in [2.24, 2.45) is 5.73 Å². The van der Waals surface area contributed by atoms with Gasteiger partial charge in [-0.05, 0) is 25.3 Å². The summed E-state index contributed by atoms with van der Waals surface area (Å²) in [5, 5.41) is 29.4. The molecule has 0 bridgehead atoms. The molecular formula is C16H22N6O4. The molecule has 3 rings (SSSR count). The van der Waals surface area contributed by atoms with E-state index in [-0.39, 0.29) is 11.6 Å². The topological polar surface area (TPSA) is 166 Å². The van der Waals surface area contributed by atoms with E-state index in [1.807, 2.05) is 0 Å². The lowest BCUT2D eigenvalue weighted by Gasteiger charge is -2.16. The van der Waals surface area contributed by atoms with E-state index in [9.17, 15) is 15.3 Å². The molecule has 10 nitrogen and oxygen atoms in total. The molecule has 0 unspecified atom stereocenters. The van der Waals surface area contributed by atoms with Gasteiger partial charge >= 0.3 is 0 Å². The number of rotatable bonds is 5. The normalized spacial score (nSPS) is 25.4. The number of fused-ring (bicyclic) bond motifs is 1. The van der Waals surface area contributed by atoms with Crippen molar-refractivity contribution in [1.29, 1.82) is 0 Å². The van der Waals surface area contributed by atoms with E-state index in [1.54, 1.807) is 0 Å². The van der Waals surface area contributed by atoms with Gasteiger partial charge in [-0.25, -0.2) is 15.0 Å². The van der Waals surface area contributed by atoms with Crippen molar-refractivity contribution in [3.05, 3.63) is 12.2 Å². The summed E-state index contributed by atoms with van der Waals surface area (Å²) in [5.41, 5.74) is 12.1. The molecule has 1 saturated heterocycles. The van der Waals surface area contributed by atoms with Crippen molar-refractivity contribution in [2.75, 3.05) is 18.9 Å². The molecule has 1 aliphatic heterocycles. The Hall–Kier alpha value is -2.29. The van der Waals surface area contributed by atoms with Gasteiger partial charge < -0.3 is 31.5 Å². The average Bonchev–Trinajstić information content (AvgIpc) is 3.17. The predicted octanol–water partition coefficient (Wildman–Crippen LogP) is -1.50. The van der Waals surface area contributed by atoms with E-state index >= 15 is 0 Å². The molecular weight excluding hydrogens is 340 g/mol. The van der Waals surface area contributed by atoms with Crippen molar-refractivity contribution in [2.45, 2.75) is 43.8 Å². The number of anilines is 1. The van der Waals surface area contributed by atoms with E-state index in [1.165, 1.54) is 10.9 Å². The molecule has 0 saturated carbocycles. The van der Waals surface area contributed by atoms with E-state index in [4.69, 9.17) is 16.2 Å². The van der Waals surface area contributed by atoms with Crippen LogP contribution in [-0.2, 0) is 4.74 Å². The number of nitrogens with two attached hydrogens (primary N) is 2. The highest BCUT2D eigenvalue weighted by atomic mass is 16.6. The zero-order chi connectivity index (χ0) is 18.7. The monoisotopic (exact) mass is 362 g/mol. The number of aromatic nitrogens is 4. The molecule has 26 heavy (non-hydrogen) atoms. The standard InChI is InChI=1S/C16H22N6O4/c17-6-4-2-1-3-5-10-20-14(18)11-15(21-10)22(8-19-11)16-13(25)12(24)9(7-23)26-16/h8-9,12-13,16,23-25H,1-2,4,6-7,17H2,(H2,18,20,21)/t9-,12-,13-,16-/m1/s1. The van der Waals surface area contributed by atoms with Crippen LogP contribution in [0.25, 0.3) is 11.2 Å². The minimum absolute atomic E-state index is 0.159. The van der Waals surface area contributed by atoms with Gasteiger partial charge in [-0.15, -0.1) is 0 Å². The maximum absolute atomic E-state index is 10.2. The second kappa shape index (κ2) is 7.94. The van der Waals surface area contributed by atoms with Gasteiger partial charge in [0.25, 0.3) is 0 Å². The minimum Gasteiger partial charge on any atom is -0.394 e. The fourth-order valence-electron chi connectivity index (χ4n) is 2.79. The van der Waals surface area contributed by atoms with Gasteiger partial charge in [-0.3, -0.25) is 4.57 Å². The zero-order valence-electron chi connectivity index (χ0n) is 14.1. The van der Waals surface area contributed by atoms with Gasteiger partial charge in [0.1, 0.15) is 23.8 Å². The van der Waals surface area contributed by atoms with Crippen molar-refractivity contribution in [3.8, 4) is 11.8 Å². The highest BCUT2D eigenvalue weighted by Crippen LogP contribution is 2.31. The first-order valence-electron chi connectivity index (χ1n) is 8.38. The Bertz CT molecular complexity index is 829. The number of aliphatic hydroxyl groups is 3. The van der Waals surface area contributed by atoms with E-state index in [0.29, 0.717) is 24.1 Å². The summed E-state index contributed by atoms with van der Waals surface area (Å²) in [6.07, 6.45) is -0.451. The van der Waals surface area contributed by atoms with Crippen LogP contribution in [0.2, 0.25) is 0 Å². The maximum Gasteiger partial charge on any atom is 0.208 e. The van der Waals surface area contributed by atoms with Gasteiger partial charge in [0, 0.05) is 6.42 Å². The molecule has 0 radical (unpaired) electrons. The van der Waals surface area contributed by atoms with Gasteiger partial charge in [0.2, 0.25) is 5.82 Å². The summed E-state index contributed by atoms with van der Waals surface area (Å²) in [5.74, 6) is 6.22. The number of hydrogen-bond donors (Lipinski definition) is 5. The van der Waals surface area contributed by atoms with Crippen LogP contribution in [0.5, 0.6) is 0 Å². The molecule has 0 amide bonds. The molecule has 3 heterocycles. The van der Waals surface area contributed by atoms with Crippen LogP contribution in [-0.4, -0.2) is 66.3 Å². The molecule has 7 N–H and O–H groups in total. The number of nitrogen functional groups attached to an aromatic ring is 1. The predicted molar refractivity (Wildman–Crippen MR) is 92.5 cm³/mol. The summed E-state index contributed by atoms with van der Waals surface area (Å²) < 4.78 is 6.97. The molecule has 4 atom stereocenters. The summed E-state index contributed by atoms with van der Waals surface area (Å²) in [7, 11) is 0. The number of unbranched alkanes of at least 4 members (excludes halogenated alkanes) is 2. The molecule has 1 fully saturated rings. The van der Waals surface area contributed by atoms with Gasteiger partial charge in [0.05, 0.1) is 12.9 Å². The van der Waals surface area contributed by atoms with Crippen LogP contribution in [0.3, 0.4) is 0 Å². The van der Waals surface area contributed by atoms with Gasteiger partial charge in [-0.2, -0.15) is 0 Å². The first-order chi connectivity index (χ1) is 12.6. The summed E-state index contributed by atoms with van der Waals surface area (Å²) in [6.45, 7) is 0.207. The van der Waals surface area contributed by atoms with Crippen molar-refractivity contribution in [3.63, 3.8) is 0 Å². The molecule has 1 aliphatic rings. The molecule has 0 aliphatic carbocycles. The van der Waals surface area contributed by atoms with E-state index in [0.717, 1.165) is 12.8 Å². The third-order valence-electron chi connectivity index (χ3n) is 4.20. The number of nitrogens with zero attached hydrogens (tertiary/aromatic N) is 4. The Kier molecular flexibility index (Phi) is 5.65. The molecule has 10 heteroatoms. The van der Waals surface area contributed by atoms with Crippen LogP contribution >= 0.6 is 0 Å². The Morgan fingerprint density at radius 3 is 2.73 bits per heavy atom. The lowest BCUT2D eigenvalue weighted by Crippen LogP contribution is -2.33. The van der Waals surface area contributed by atoms with Crippen LogP contribution in [0.4, 0.5) is 5.82 Å².